The molecule has 0 aliphatic carbocycles. The van der Waals surface area contributed by atoms with Crippen molar-refractivity contribution < 1.29 is 5.11 Å². The molecule has 0 fully saturated rings. The molecule has 146 valence electrons. The van der Waals surface area contributed by atoms with Crippen LogP contribution in [0.3, 0.4) is 0 Å². The van der Waals surface area contributed by atoms with Crippen molar-refractivity contribution in [3.63, 3.8) is 0 Å². The molecule has 0 saturated heterocycles. The van der Waals surface area contributed by atoms with E-state index in [2.05, 4.69) is 11.9 Å². The van der Waals surface area contributed by atoms with Crippen molar-refractivity contribution >= 4 is 11.2 Å². The first-order valence-electron chi connectivity index (χ1n) is 9.79. The van der Waals surface area contributed by atoms with Crippen molar-refractivity contribution in [2.45, 2.75) is 77.4 Å². The lowest BCUT2D eigenvalue weighted by molar-refractivity contribution is 0.0823. The van der Waals surface area contributed by atoms with E-state index < -0.39 is 17.5 Å². The molecule has 1 atom stereocenters. The lowest BCUT2D eigenvalue weighted by Crippen LogP contribution is -2.42. The predicted octanol–water partition coefficient (Wildman–Crippen LogP) is 2.85. The summed E-state index contributed by atoms with van der Waals surface area (Å²) in [6.45, 7) is 2.22. The second kappa shape index (κ2) is 9.71. The number of rotatable bonds is 11. The number of aliphatic hydroxyl groups excluding tert-OH is 1. The van der Waals surface area contributed by atoms with Gasteiger partial charge < -0.3 is 9.67 Å². The maximum absolute atomic E-state index is 12.6. The average Bonchev–Trinajstić information content (AvgIpc) is 3.00. The van der Waals surface area contributed by atoms with Gasteiger partial charge in [-0.3, -0.25) is 9.36 Å². The van der Waals surface area contributed by atoms with Crippen LogP contribution < -0.4 is 11.2 Å². The third kappa shape index (κ3) is 4.63. The third-order valence-electron chi connectivity index (χ3n) is 5.01. The van der Waals surface area contributed by atoms with Crippen molar-refractivity contribution in [3.05, 3.63) is 27.2 Å². The molecule has 0 aliphatic rings. The van der Waals surface area contributed by atoms with Crippen LogP contribution in [0.2, 0.25) is 0 Å². The fourth-order valence-electron chi connectivity index (χ4n) is 3.39. The number of imidazole rings is 1. The van der Waals surface area contributed by atoms with Gasteiger partial charge in [-0.15, -0.1) is 0 Å². The highest BCUT2D eigenvalue weighted by Gasteiger charge is 2.19. The first kappa shape index (κ1) is 20.4. The summed E-state index contributed by atoms with van der Waals surface area (Å²) in [6, 6.07) is 0. The van der Waals surface area contributed by atoms with Gasteiger partial charge in [0, 0.05) is 14.1 Å². The lowest BCUT2D eigenvalue weighted by atomic mass is 10.1. The summed E-state index contributed by atoms with van der Waals surface area (Å²) in [7, 11) is 3.28. The Kier molecular flexibility index (Phi) is 7.63. The van der Waals surface area contributed by atoms with E-state index in [9.17, 15) is 14.7 Å². The molecule has 26 heavy (non-hydrogen) atoms. The number of aliphatic hydroxyl groups is 1. The molecule has 7 heteroatoms. The van der Waals surface area contributed by atoms with Crippen LogP contribution in [0.5, 0.6) is 0 Å². The van der Waals surface area contributed by atoms with Gasteiger partial charge in [0.05, 0.1) is 6.33 Å². The third-order valence-corrected chi connectivity index (χ3v) is 5.01. The summed E-state index contributed by atoms with van der Waals surface area (Å²) in [6.07, 6.45) is 11.4. The van der Waals surface area contributed by atoms with E-state index >= 15 is 0 Å². The molecular weight excluding hydrogens is 332 g/mol. The highest BCUT2D eigenvalue weighted by molar-refractivity contribution is 5.69. The van der Waals surface area contributed by atoms with Gasteiger partial charge in [-0.2, -0.15) is 0 Å². The van der Waals surface area contributed by atoms with Gasteiger partial charge in [-0.05, 0) is 12.8 Å². The van der Waals surface area contributed by atoms with Gasteiger partial charge in [0.25, 0.3) is 5.56 Å². The van der Waals surface area contributed by atoms with Crippen molar-refractivity contribution in [1.82, 2.24) is 18.7 Å². The van der Waals surface area contributed by atoms with Crippen LogP contribution >= 0.6 is 0 Å². The summed E-state index contributed by atoms with van der Waals surface area (Å²) in [5.74, 6) is 0. The average molecular weight is 364 g/mol. The fraction of sp³-hybridized carbons (Fsp3) is 0.737. The molecule has 0 aliphatic heterocycles. The Morgan fingerprint density at radius 3 is 2.19 bits per heavy atom. The maximum Gasteiger partial charge on any atom is 0.334 e. The van der Waals surface area contributed by atoms with Gasteiger partial charge in [-0.25, -0.2) is 14.3 Å². The minimum atomic E-state index is -1.09. The number of aromatic nitrogens is 4. The van der Waals surface area contributed by atoms with Crippen LogP contribution in [0.1, 0.15) is 77.4 Å². The smallest absolute Gasteiger partial charge is 0.334 e. The van der Waals surface area contributed by atoms with Crippen molar-refractivity contribution in [3.8, 4) is 0 Å². The maximum atomic E-state index is 12.6. The fourth-order valence-corrected chi connectivity index (χ4v) is 3.39. The van der Waals surface area contributed by atoms with Crippen LogP contribution in [-0.4, -0.2) is 23.8 Å². The highest BCUT2D eigenvalue weighted by Crippen LogP contribution is 2.14. The van der Waals surface area contributed by atoms with Crippen molar-refractivity contribution in [2.24, 2.45) is 14.1 Å². The van der Waals surface area contributed by atoms with Crippen LogP contribution in [0, 0.1) is 0 Å². The predicted molar refractivity (Wildman–Crippen MR) is 103 cm³/mol. The van der Waals surface area contributed by atoms with E-state index in [0.717, 1.165) is 23.8 Å². The van der Waals surface area contributed by atoms with Gasteiger partial charge in [0.2, 0.25) is 0 Å². The van der Waals surface area contributed by atoms with Crippen LogP contribution in [-0.2, 0) is 14.1 Å². The summed E-state index contributed by atoms with van der Waals surface area (Å²) in [5, 5.41) is 10.4. The summed E-state index contributed by atoms with van der Waals surface area (Å²) < 4.78 is 3.85. The molecule has 0 bridgehead atoms. The van der Waals surface area contributed by atoms with E-state index in [-0.39, 0.29) is 0 Å². The van der Waals surface area contributed by atoms with E-state index in [0.29, 0.717) is 17.6 Å². The zero-order chi connectivity index (χ0) is 19.1. The van der Waals surface area contributed by atoms with Gasteiger partial charge in [-0.1, -0.05) is 58.3 Å². The van der Waals surface area contributed by atoms with E-state index in [1.807, 2.05) is 0 Å². The van der Waals surface area contributed by atoms with Crippen LogP contribution in [0.25, 0.3) is 11.2 Å². The standard InChI is InChI=1S/C19H32N4O3/c1-4-5-6-7-8-9-10-11-12-13-15(24)23-18(25)16-17(20-14-21(16)2)22(3)19(23)26/h14-15,24H,4-13H2,1-3H3. The molecule has 1 N–H and O–H groups in total. The molecule has 2 rings (SSSR count). The molecule has 0 aromatic carbocycles. The van der Waals surface area contributed by atoms with E-state index in [1.165, 1.54) is 49.4 Å². The minimum absolute atomic E-state index is 0.332. The van der Waals surface area contributed by atoms with E-state index in [1.54, 1.807) is 18.7 Å². The normalized spacial score (nSPS) is 12.8. The first-order valence-corrected chi connectivity index (χ1v) is 9.79. The second-order valence-electron chi connectivity index (χ2n) is 7.14. The summed E-state index contributed by atoms with van der Waals surface area (Å²) in [4.78, 5) is 29.1. The van der Waals surface area contributed by atoms with Gasteiger partial charge in [0.15, 0.2) is 11.2 Å². The number of nitrogens with zero attached hydrogens (tertiary/aromatic N) is 4. The number of fused-ring (bicyclic) bond motifs is 1. The largest absolute Gasteiger partial charge is 0.373 e. The Labute approximate surface area is 154 Å². The number of hydrogen-bond acceptors (Lipinski definition) is 4. The minimum Gasteiger partial charge on any atom is -0.373 e. The molecule has 2 aromatic rings. The molecule has 0 spiro atoms. The Morgan fingerprint density at radius 1 is 1.00 bits per heavy atom. The number of aryl methyl sites for hydroxylation is 2. The highest BCUT2D eigenvalue weighted by atomic mass is 16.3. The summed E-state index contributed by atoms with van der Waals surface area (Å²) >= 11 is 0. The number of unbranched alkanes of at least 4 members (excludes halogenated alkanes) is 8. The first-order chi connectivity index (χ1) is 12.5. The molecule has 7 nitrogen and oxygen atoms in total. The number of hydrogen-bond donors (Lipinski definition) is 1. The quantitative estimate of drug-likeness (QED) is 0.622. The summed E-state index contributed by atoms with van der Waals surface area (Å²) in [5.41, 5.74) is -0.330. The Balaban J connectivity index is 1.90. The monoisotopic (exact) mass is 364 g/mol. The molecular formula is C19H32N4O3. The van der Waals surface area contributed by atoms with Gasteiger partial charge >= 0.3 is 5.69 Å². The van der Waals surface area contributed by atoms with Crippen molar-refractivity contribution in [2.75, 3.05) is 0 Å². The lowest BCUT2D eigenvalue weighted by Gasteiger charge is -2.14. The van der Waals surface area contributed by atoms with Crippen molar-refractivity contribution in [1.29, 1.82) is 0 Å². The van der Waals surface area contributed by atoms with E-state index in [4.69, 9.17) is 0 Å². The van der Waals surface area contributed by atoms with Crippen LogP contribution in [0.15, 0.2) is 15.9 Å². The second-order valence-corrected chi connectivity index (χ2v) is 7.14. The zero-order valence-electron chi connectivity index (χ0n) is 16.3. The SMILES string of the molecule is CCCCCCCCCCCC(O)n1c(=O)c2c(ncn2C)n(C)c1=O. The Hall–Kier alpha value is -1.89. The molecule has 0 radical (unpaired) electrons. The zero-order valence-corrected chi connectivity index (χ0v) is 16.3. The molecule has 0 amide bonds. The Bertz CT molecular complexity index is 819. The van der Waals surface area contributed by atoms with Gasteiger partial charge in [0.1, 0.15) is 6.23 Å². The molecule has 2 aromatic heterocycles. The van der Waals surface area contributed by atoms with Crippen LogP contribution in [0.4, 0.5) is 0 Å². The molecule has 0 saturated carbocycles. The molecule has 2 heterocycles. The molecule has 1 unspecified atom stereocenters. The Morgan fingerprint density at radius 2 is 1.58 bits per heavy atom. The topological polar surface area (TPSA) is 82.1 Å².